The Hall–Kier alpha value is -3.05. The molecule has 1 heterocycles. The summed E-state index contributed by atoms with van der Waals surface area (Å²) in [4.78, 5) is 28.2. The normalized spacial score (nSPS) is 12.5. The Balaban J connectivity index is 1.39. The van der Waals surface area contributed by atoms with Crippen LogP contribution in [-0.4, -0.2) is 24.1 Å². The third-order valence-electron chi connectivity index (χ3n) is 5.16. The van der Waals surface area contributed by atoms with Gasteiger partial charge in [-0.05, 0) is 54.8 Å². The summed E-state index contributed by atoms with van der Waals surface area (Å²) in [6.07, 6.45) is 0.854. The highest BCUT2D eigenvalue weighted by Crippen LogP contribution is 2.30. The van der Waals surface area contributed by atoms with E-state index < -0.39 is 0 Å². The van der Waals surface area contributed by atoms with Crippen LogP contribution < -0.4 is 10.2 Å². The molecule has 2 amide bonds. The second kappa shape index (κ2) is 9.18. The monoisotopic (exact) mass is 416 g/mol. The summed E-state index contributed by atoms with van der Waals surface area (Å²) in [5.41, 5.74) is 4.90. The van der Waals surface area contributed by atoms with Crippen LogP contribution in [0.5, 0.6) is 0 Å². The van der Waals surface area contributed by atoms with Crippen molar-refractivity contribution >= 4 is 29.3 Å². The predicted molar refractivity (Wildman–Crippen MR) is 122 cm³/mol. The second-order valence-electron chi connectivity index (χ2n) is 7.42. The number of carbonyl (C=O) groups excluding carboxylic acids is 2. The Kier molecular flexibility index (Phi) is 6.19. The van der Waals surface area contributed by atoms with Gasteiger partial charge in [0.05, 0.1) is 5.75 Å². The number of nitrogens with one attached hydrogen (secondary N) is 1. The molecule has 30 heavy (non-hydrogen) atoms. The Morgan fingerprint density at radius 3 is 2.63 bits per heavy atom. The van der Waals surface area contributed by atoms with Crippen molar-refractivity contribution in [3.8, 4) is 0 Å². The molecule has 0 aromatic heterocycles. The van der Waals surface area contributed by atoms with Gasteiger partial charge < -0.3 is 10.2 Å². The lowest BCUT2D eigenvalue weighted by atomic mass is 10.1. The van der Waals surface area contributed by atoms with Crippen LogP contribution in [0, 0.1) is 6.92 Å². The number of benzene rings is 3. The fourth-order valence-corrected chi connectivity index (χ4v) is 4.35. The number of aryl methyl sites for hydroxylation is 1. The van der Waals surface area contributed by atoms with Gasteiger partial charge in [0.15, 0.2) is 0 Å². The largest absolute Gasteiger partial charge is 0.351 e. The third-order valence-corrected chi connectivity index (χ3v) is 6.17. The molecule has 0 saturated heterocycles. The number of carbonyl (C=O) groups is 2. The average molecular weight is 417 g/mol. The van der Waals surface area contributed by atoms with Crippen LogP contribution in [0.4, 0.5) is 5.69 Å². The summed E-state index contributed by atoms with van der Waals surface area (Å²) >= 11 is 1.52. The summed E-state index contributed by atoms with van der Waals surface area (Å²) < 4.78 is 0. The van der Waals surface area contributed by atoms with E-state index >= 15 is 0 Å². The van der Waals surface area contributed by atoms with Crippen LogP contribution in [0.2, 0.25) is 0 Å². The highest BCUT2D eigenvalue weighted by molar-refractivity contribution is 8.00. The summed E-state index contributed by atoms with van der Waals surface area (Å²) in [5.74, 6) is 0.405. The zero-order valence-corrected chi connectivity index (χ0v) is 17.7. The molecule has 4 rings (SSSR count). The first-order valence-corrected chi connectivity index (χ1v) is 11.0. The minimum absolute atomic E-state index is 0.00274. The lowest BCUT2D eigenvalue weighted by molar-refractivity contribution is -0.118. The molecule has 3 aromatic carbocycles. The molecule has 0 radical (unpaired) electrons. The minimum atomic E-state index is -0.00274. The van der Waals surface area contributed by atoms with Crippen LogP contribution in [0.3, 0.4) is 0 Å². The van der Waals surface area contributed by atoms with Gasteiger partial charge in [0.2, 0.25) is 5.91 Å². The van der Waals surface area contributed by atoms with E-state index in [0.717, 1.165) is 28.1 Å². The highest BCUT2D eigenvalue weighted by Gasteiger charge is 2.25. The number of fused-ring (bicyclic) bond motifs is 1. The van der Waals surface area contributed by atoms with Crippen molar-refractivity contribution in [2.75, 3.05) is 17.2 Å². The standard InChI is InChI=1S/C25H24N2O2S/c1-18-6-5-7-21(14-18)25(29)27-13-12-20-11-10-19(15-23(20)27)16-26-24(28)17-30-22-8-3-2-4-9-22/h2-11,14-15H,12-13,16-17H2,1H3,(H,26,28). The number of rotatable bonds is 6. The second-order valence-corrected chi connectivity index (χ2v) is 8.47. The molecule has 1 aliphatic rings. The molecular formula is C25H24N2O2S. The van der Waals surface area contributed by atoms with Gasteiger partial charge in [0.25, 0.3) is 5.91 Å². The van der Waals surface area contributed by atoms with E-state index in [0.29, 0.717) is 24.4 Å². The Bertz CT molecular complexity index is 1070. The molecule has 3 aromatic rings. The molecule has 5 heteroatoms. The van der Waals surface area contributed by atoms with Crippen molar-refractivity contribution in [3.63, 3.8) is 0 Å². The molecule has 0 spiro atoms. The molecule has 0 unspecified atom stereocenters. The van der Waals surface area contributed by atoms with Crippen molar-refractivity contribution in [1.29, 1.82) is 0 Å². The highest BCUT2D eigenvalue weighted by atomic mass is 32.2. The SMILES string of the molecule is Cc1cccc(C(=O)N2CCc3ccc(CNC(=O)CSc4ccccc4)cc32)c1. The van der Waals surface area contributed by atoms with Crippen LogP contribution in [-0.2, 0) is 17.8 Å². The number of hydrogen-bond donors (Lipinski definition) is 1. The molecule has 152 valence electrons. The van der Waals surface area contributed by atoms with Gasteiger partial charge in [0.1, 0.15) is 0 Å². The maximum Gasteiger partial charge on any atom is 0.258 e. The lowest BCUT2D eigenvalue weighted by Gasteiger charge is -2.18. The lowest BCUT2D eigenvalue weighted by Crippen LogP contribution is -2.29. The Labute approximate surface area is 181 Å². The van der Waals surface area contributed by atoms with Crippen LogP contribution >= 0.6 is 11.8 Å². The van der Waals surface area contributed by atoms with Crippen molar-refractivity contribution in [2.45, 2.75) is 24.8 Å². The number of amides is 2. The van der Waals surface area contributed by atoms with Crippen LogP contribution in [0.1, 0.15) is 27.0 Å². The summed E-state index contributed by atoms with van der Waals surface area (Å²) in [6.45, 7) is 3.13. The first-order chi connectivity index (χ1) is 14.6. The topological polar surface area (TPSA) is 49.4 Å². The summed E-state index contributed by atoms with van der Waals surface area (Å²) in [7, 11) is 0. The molecule has 0 fully saturated rings. The molecule has 0 aliphatic carbocycles. The molecule has 4 nitrogen and oxygen atoms in total. The molecule has 0 bridgehead atoms. The van der Waals surface area contributed by atoms with Gasteiger partial charge in [-0.1, -0.05) is 48.0 Å². The zero-order chi connectivity index (χ0) is 20.9. The van der Waals surface area contributed by atoms with Gasteiger partial charge >= 0.3 is 0 Å². The van der Waals surface area contributed by atoms with Gasteiger partial charge in [-0.15, -0.1) is 11.8 Å². The van der Waals surface area contributed by atoms with Gasteiger partial charge in [-0.2, -0.15) is 0 Å². The van der Waals surface area contributed by atoms with E-state index in [1.165, 1.54) is 17.3 Å². The number of nitrogens with zero attached hydrogens (tertiary/aromatic N) is 1. The van der Waals surface area contributed by atoms with E-state index in [1.807, 2.05) is 78.6 Å². The van der Waals surface area contributed by atoms with Gasteiger partial charge in [-0.25, -0.2) is 0 Å². The number of thioether (sulfide) groups is 1. The number of hydrogen-bond acceptors (Lipinski definition) is 3. The Morgan fingerprint density at radius 2 is 1.83 bits per heavy atom. The van der Waals surface area contributed by atoms with E-state index in [9.17, 15) is 9.59 Å². The van der Waals surface area contributed by atoms with Crippen LogP contribution in [0.25, 0.3) is 0 Å². The molecule has 0 atom stereocenters. The Morgan fingerprint density at radius 1 is 1.00 bits per heavy atom. The van der Waals surface area contributed by atoms with Gasteiger partial charge in [0, 0.05) is 29.2 Å². The van der Waals surface area contributed by atoms with Crippen molar-refractivity contribution in [2.24, 2.45) is 0 Å². The van der Waals surface area contributed by atoms with E-state index in [-0.39, 0.29) is 11.8 Å². The predicted octanol–water partition coefficient (Wildman–Crippen LogP) is 4.61. The molecular weight excluding hydrogens is 392 g/mol. The molecule has 1 aliphatic heterocycles. The van der Waals surface area contributed by atoms with Crippen molar-refractivity contribution < 1.29 is 9.59 Å². The summed E-state index contributed by atoms with van der Waals surface area (Å²) in [6, 6.07) is 23.7. The maximum absolute atomic E-state index is 13.0. The first kappa shape index (κ1) is 20.2. The van der Waals surface area contributed by atoms with Crippen molar-refractivity contribution in [1.82, 2.24) is 5.32 Å². The maximum atomic E-state index is 13.0. The fraction of sp³-hybridized carbons (Fsp3) is 0.200. The average Bonchev–Trinajstić information content (AvgIpc) is 3.19. The third kappa shape index (κ3) is 4.74. The molecule has 1 N–H and O–H groups in total. The van der Waals surface area contributed by atoms with Gasteiger partial charge in [-0.3, -0.25) is 9.59 Å². The van der Waals surface area contributed by atoms with E-state index in [1.54, 1.807) is 0 Å². The molecule has 0 saturated carbocycles. The smallest absolute Gasteiger partial charge is 0.258 e. The van der Waals surface area contributed by atoms with E-state index in [2.05, 4.69) is 11.4 Å². The van der Waals surface area contributed by atoms with Crippen LogP contribution in [0.15, 0.2) is 77.7 Å². The van der Waals surface area contributed by atoms with Crippen molar-refractivity contribution in [3.05, 3.63) is 95.1 Å². The quantitative estimate of drug-likeness (QED) is 0.597. The summed E-state index contributed by atoms with van der Waals surface area (Å²) in [5, 5.41) is 2.98. The minimum Gasteiger partial charge on any atom is -0.351 e. The zero-order valence-electron chi connectivity index (χ0n) is 16.9. The first-order valence-electron chi connectivity index (χ1n) is 10.0. The fourth-order valence-electron chi connectivity index (χ4n) is 3.60. The number of anilines is 1. The van der Waals surface area contributed by atoms with E-state index in [4.69, 9.17) is 0 Å².